The molecule has 1 unspecified atom stereocenters. The van der Waals surface area contributed by atoms with E-state index in [1.54, 1.807) is 18.2 Å². The number of anilines is 1. The number of rotatable bonds is 5. The van der Waals surface area contributed by atoms with E-state index in [2.05, 4.69) is 15.3 Å². The Morgan fingerprint density at radius 1 is 1.26 bits per heavy atom. The fourth-order valence-corrected chi connectivity index (χ4v) is 1.70. The van der Waals surface area contributed by atoms with E-state index in [9.17, 15) is 4.39 Å². The van der Waals surface area contributed by atoms with Gasteiger partial charge in [-0.2, -0.15) is 0 Å². The highest BCUT2D eigenvalue weighted by Crippen LogP contribution is 2.19. The van der Waals surface area contributed by atoms with Crippen molar-refractivity contribution in [1.82, 2.24) is 9.97 Å². The van der Waals surface area contributed by atoms with Crippen molar-refractivity contribution < 1.29 is 9.13 Å². The summed E-state index contributed by atoms with van der Waals surface area (Å²) in [5.41, 5.74) is 0.984. The maximum atomic E-state index is 12.9. The second kappa shape index (κ2) is 6.13. The zero-order chi connectivity index (χ0) is 13.7. The Bertz CT molecular complexity index is 530. The topological polar surface area (TPSA) is 47.0 Å². The monoisotopic (exact) mass is 261 g/mol. The Morgan fingerprint density at radius 3 is 2.68 bits per heavy atom. The van der Waals surface area contributed by atoms with E-state index in [4.69, 9.17) is 4.74 Å². The number of hydrogen-bond donors (Lipinski definition) is 1. The Morgan fingerprint density at radius 2 is 2.00 bits per heavy atom. The molecule has 0 saturated heterocycles. The quantitative estimate of drug-likeness (QED) is 0.898. The maximum absolute atomic E-state index is 12.9. The van der Waals surface area contributed by atoms with Crippen LogP contribution in [0.3, 0.4) is 0 Å². The van der Waals surface area contributed by atoms with E-state index in [1.165, 1.54) is 18.5 Å². The molecule has 1 heterocycles. The van der Waals surface area contributed by atoms with Crippen LogP contribution in [0.25, 0.3) is 0 Å². The number of nitrogens with one attached hydrogen (secondary N) is 1. The van der Waals surface area contributed by atoms with Crippen LogP contribution in [0, 0.1) is 5.82 Å². The second-order valence-corrected chi connectivity index (χ2v) is 4.09. The summed E-state index contributed by atoms with van der Waals surface area (Å²) in [6.45, 7) is 4.44. The van der Waals surface area contributed by atoms with Crippen LogP contribution in [0.1, 0.15) is 25.5 Å². The van der Waals surface area contributed by atoms with Crippen molar-refractivity contribution in [2.75, 3.05) is 11.9 Å². The first kappa shape index (κ1) is 13.3. The molecular formula is C14H16FN3O. The molecule has 4 nitrogen and oxygen atoms in total. The van der Waals surface area contributed by atoms with Crippen LogP contribution in [0.15, 0.2) is 36.7 Å². The van der Waals surface area contributed by atoms with Crippen LogP contribution in [0.2, 0.25) is 0 Å². The Kier molecular flexibility index (Phi) is 4.28. The summed E-state index contributed by atoms with van der Waals surface area (Å²) in [7, 11) is 0. The van der Waals surface area contributed by atoms with Gasteiger partial charge >= 0.3 is 0 Å². The molecule has 0 bridgehead atoms. The number of hydrogen-bond acceptors (Lipinski definition) is 4. The average molecular weight is 261 g/mol. The van der Waals surface area contributed by atoms with Crippen molar-refractivity contribution in [3.05, 3.63) is 48.0 Å². The molecule has 1 N–H and O–H groups in total. The van der Waals surface area contributed by atoms with Gasteiger partial charge in [-0.25, -0.2) is 14.4 Å². The minimum Gasteiger partial charge on any atom is -0.478 e. The smallest absolute Gasteiger partial charge is 0.218 e. The first-order valence-electron chi connectivity index (χ1n) is 6.16. The summed E-state index contributed by atoms with van der Waals surface area (Å²) in [6, 6.07) is 8.14. The molecule has 0 aliphatic heterocycles. The van der Waals surface area contributed by atoms with E-state index in [0.717, 1.165) is 5.56 Å². The van der Waals surface area contributed by atoms with Gasteiger partial charge in [-0.15, -0.1) is 0 Å². The Hall–Kier alpha value is -2.17. The Balaban J connectivity index is 2.07. The predicted molar refractivity (Wildman–Crippen MR) is 71.6 cm³/mol. The van der Waals surface area contributed by atoms with Crippen LogP contribution in [-0.2, 0) is 0 Å². The first-order chi connectivity index (χ1) is 9.19. The summed E-state index contributed by atoms with van der Waals surface area (Å²) < 4.78 is 18.2. The molecule has 0 radical (unpaired) electrons. The molecule has 2 aromatic rings. The number of ether oxygens (including phenoxy) is 1. The van der Waals surface area contributed by atoms with Crippen LogP contribution < -0.4 is 10.1 Å². The molecule has 2 rings (SSSR count). The molecule has 5 heteroatoms. The molecule has 0 saturated carbocycles. The van der Waals surface area contributed by atoms with Gasteiger partial charge in [0.05, 0.1) is 6.61 Å². The van der Waals surface area contributed by atoms with Gasteiger partial charge in [0, 0.05) is 12.1 Å². The molecule has 1 aromatic carbocycles. The summed E-state index contributed by atoms with van der Waals surface area (Å²) in [4.78, 5) is 8.13. The lowest BCUT2D eigenvalue weighted by molar-refractivity contribution is 0.326. The van der Waals surface area contributed by atoms with Crippen molar-refractivity contribution in [3.8, 4) is 5.88 Å². The highest BCUT2D eigenvalue weighted by atomic mass is 19.1. The summed E-state index contributed by atoms with van der Waals surface area (Å²) >= 11 is 0. The molecular weight excluding hydrogens is 245 g/mol. The van der Waals surface area contributed by atoms with Gasteiger partial charge in [-0.05, 0) is 31.5 Å². The third-order valence-corrected chi connectivity index (χ3v) is 2.67. The van der Waals surface area contributed by atoms with E-state index in [0.29, 0.717) is 18.3 Å². The van der Waals surface area contributed by atoms with Gasteiger partial charge in [0.15, 0.2) is 0 Å². The molecule has 100 valence electrons. The minimum atomic E-state index is -0.239. The van der Waals surface area contributed by atoms with Gasteiger partial charge in [0.2, 0.25) is 5.88 Å². The average Bonchev–Trinajstić information content (AvgIpc) is 2.40. The highest BCUT2D eigenvalue weighted by molar-refractivity contribution is 5.40. The van der Waals surface area contributed by atoms with E-state index in [-0.39, 0.29) is 11.9 Å². The lowest BCUT2D eigenvalue weighted by Gasteiger charge is -2.15. The predicted octanol–water partition coefficient (Wildman–Crippen LogP) is 3.19. The largest absolute Gasteiger partial charge is 0.478 e. The van der Waals surface area contributed by atoms with Gasteiger partial charge in [-0.1, -0.05) is 12.1 Å². The van der Waals surface area contributed by atoms with Crippen LogP contribution >= 0.6 is 0 Å². The first-order valence-corrected chi connectivity index (χ1v) is 6.16. The molecule has 0 aliphatic carbocycles. The zero-order valence-electron chi connectivity index (χ0n) is 10.9. The fourth-order valence-electron chi connectivity index (χ4n) is 1.70. The molecule has 0 amide bonds. The third kappa shape index (κ3) is 3.64. The summed E-state index contributed by atoms with van der Waals surface area (Å²) in [5, 5.41) is 3.22. The van der Waals surface area contributed by atoms with Crippen LogP contribution in [0.4, 0.5) is 10.2 Å². The number of nitrogens with zero attached hydrogens (tertiary/aromatic N) is 2. The third-order valence-electron chi connectivity index (χ3n) is 2.67. The maximum Gasteiger partial charge on any atom is 0.218 e. The summed E-state index contributed by atoms with van der Waals surface area (Å²) in [6.07, 6.45) is 1.45. The lowest BCUT2D eigenvalue weighted by atomic mass is 10.1. The molecule has 1 aromatic heterocycles. The second-order valence-electron chi connectivity index (χ2n) is 4.09. The Labute approximate surface area is 111 Å². The van der Waals surface area contributed by atoms with Crippen LogP contribution in [-0.4, -0.2) is 16.6 Å². The number of halogens is 1. The normalized spacial score (nSPS) is 11.9. The van der Waals surface area contributed by atoms with E-state index < -0.39 is 0 Å². The van der Waals surface area contributed by atoms with Gasteiger partial charge in [0.1, 0.15) is 18.0 Å². The lowest BCUT2D eigenvalue weighted by Crippen LogP contribution is -2.08. The van der Waals surface area contributed by atoms with E-state index >= 15 is 0 Å². The van der Waals surface area contributed by atoms with Crippen LogP contribution in [0.5, 0.6) is 5.88 Å². The molecule has 19 heavy (non-hydrogen) atoms. The van der Waals surface area contributed by atoms with Gasteiger partial charge in [-0.3, -0.25) is 0 Å². The van der Waals surface area contributed by atoms with E-state index in [1.807, 2.05) is 13.8 Å². The molecule has 0 fully saturated rings. The van der Waals surface area contributed by atoms with Gasteiger partial charge in [0.25, 0.3) is 0 Å². The SMILES string of the molecule is CCOc1cc(NC(C)c2ccc(F)cc2)ncn1. The minimum absolute atomic E-state index is 0.0185. The summed E-state index contributed by atoms with van der Waals surface area (Å²) in [5.74, 6) is 0.971. The van der Waals surface area contributed by atoms with Crippen molar-refractivity contribution in [2.24, 2.45) is 0 Å². The van der Waals surface area contributed by atoms with Crippen molar-refractivity contribution in [3.63, 3.8) is 0 Å². The fraction of sp³-hybridized carbons (Fsp3) is 0.286. The number of benzene rings is 1. The van der Waals surface area contributed by atoms with Crippen molar-refractivity contribution in [1.29, 1.82) is 0 Å². The van der Waals surface area contributed by atoms with Gasteiger partial charge < -0.3 is 10.1 Å². The number of aromatic nitrogens is 2. The molecule has 0 spiro atoms. The zero-order valence-corrected chi connectivity index (χ0v) is 10.9. The standard InChI is InChI=1S/C14H16FN3O/c1-3-19-14-8-13(16-9-17-14)18-10(2)11-4-6-12(15)7-5-11/h4-10H,3H2,1-2H3,(H,16,17,18). The van der Waals surface area contributed by atoms with Crippen molar-refractivity contribution >= 4 is 5.82 Å². The highest BCUT2D eigenvalue weighted by Gasteiger charge is 2.07. The van der Waals surface area contributed by atoms with Crippen molar-refractivity contribution in [2.45, 2.75) is 19.9 Å². The molecule has 0 aliphatic rings. The molecule has 1 atom stereocenters.